The van der Waals surface area contributed by atoms with Crippen molar-refractivity contribution >= 4 is 11.4 Å². The Kier molecular flexibility index (Phi) is 4.29. The average molecular weight is 232 g/mol. The van der Waals surface area contributed by atoms with Crippen molar-refractivity contribution < 1.29 is 0 Å². The van der Waals surface area contributed by atoms with Gasteiger partial charge in [-0.1, -0.05) is 31.7 Å². The minimum absolute atomic E-state index is 0.977. The number of benzene rings is 1. The lowest BCUT2D eigenvalue weighted by Crippen LogP contribution is -2.20. The van der Waals surface area contributed by atoms with Gasteiger partial charge in [0.05, 0.1) is 0 Å². The first-order valence-corrected chi connectivity index (χ1v) is 6.78. The van der Waals surface area contributed by atoms with E-state index in [0.29, 0.717) is 0 Å². The van der Waals surface area contributed by atoms with E-state index in [9.17, 15) is 0 Å². The summed E-state index contributed by atoms with van der Waals surface area (Å²) >= 11 is 0. The summed E-state index contributed by atoms with van der Waals surface area (Å²) in [4.78, 5) is 2.37. The second-order valence-electron chi connectivity index (χ2n) is 5.16. The van der Waals surface area contributed by atoms with Gasteiger partial charge in [-0.25, -0.2) is 0 Å². The summed E-state index contributed by atoms with van der Waals surface area (Å²) in [5.74, 6) is 0.977. The average Bonchev–Trinajstić information content (AvgIpc) is 2.89. The lowest BCUT2D eigenvalue weighted by molar-refractivity contribution is 0.505. The number of hydrogen-bond donors (Lipinski definition) is 1. The highest BCUT2D eigenvalue weighted by atomic mass is 15.1. The predicted molar refractivity (Wildman–Crippen MR) is 75.8 cm³/mol. The quantitative estimate of drug-likeness (QED) is 0.832. The van der Waals surface area contributed by atoms with E-state index < -0.39 is 0 Å². The maximum Gasteiger partial charge on any atom is 0.0384 e. The van der Waals surface area contributed by atoms with Gasteiger partial charge in [-0.3, -0.25) is 0 Å². The number of nitrogens with one attached hydrogen (secondary N) is 1. The van der Waals surface area contributed by atoms with Gasteiger partial charge in [-0.2, -0.15) is 0 Å². The zero-order valence-electron chi connectivity index (χ0n) is 11.1. The van der Waals surface area contributed by atoms with Crippen LogP contribution in [0.4, 0.5) is 11.4 Å². The molecular weight excluding hydrogens is 208 g/mol. The maximum absolute atomic E-state index is 3.19. The zero-order chi connectivity index (χ0) is 12.1. The van der Waals surface area contributed by atoms with Crippen molar-refractivity contribution in [2.75, 3.05) is 30.9 Å². The van der Waals surface area contributed by atoms with Crippen molar-refractivity contribution in [1.29, 1.82) is 0 Å². The molecule has 0 radical (unpaired) electrons. The first-order chi connectivity index (χ1) is 8.29. The summed E-state index contributed by atoms with van der Waals surface area (Å²) in [6, 6.07) is 8.63. The van der Waals surface area contributed by atoms with Gasteiger partial charge < -0.3 is 10.2 Å². The van der Waals surface area contributed by atoms with Gasteiger partial charge in [0.1, 0.15) is 0 Å². The third kappa shape index (κ3) is 3.39. The summed E-state index contributed by atoms with van der Waals surface area (Å²) < 4.78 is 0. The molecule has 0 aliphatic heterocycles. The molecule has 2 rings (SSSR count). The number of hydrogen-bond acceptors (Lipinski definition) is 2. The van der Waals surface area contributed by atoms with Gasteiger partial charge in [0.15, 0.2) is 0 Å². The summed E-state index contributed by atoms with van der Waals surface area (Å²) in [5.41, 5.74) is 2.50. The van der Waals surface area contributed by atoms with Gasteiger partial charge >= 0.3 is 0 Å². The van der Waals surface area contributed by atoms with Gasteiger partial charge in [-0.05, 0) is 30.5 Å². The van der Waals surface area contributed by atoms with E-state index in [1.54, 1.807) is 0 Å². The van der Waals surface area contributed by atoms with Crippen molar-refractivity contribution in [3.8, 4) is 0 Å². The molecule has 0 unspecified atom stereocenters. The van der Waals surface area contributed by atoms with Crippen LogP contribution in [0, 0.1) is 5.92 Å². The molecule has 0 saturated heterocycles. The van der Waals surface area contributed by atoms with Crippen LogP contribution >= 0.6 is 0 Å². The van der Waals surface area contributed by atoms with Crippen molar-refractivity contribution in [2.45, 2.75) is 32.1 Å². The Bertz CT molecular complexity index is 343. The third-order valence-corrected chi connectivity index (χ3v) is 3.92. The highest BCUT2D eigenvalue weighted by Gasteiger charge is 2.15. The van der Waals surface area contributed by atoms with E-state index in [-0.39, 0.29) is 0 Å². The van der Waals surface area contributed by atoms with Crippen LogP contribution in [0.25, 0.3) is 0 Å². The van der Waals surface area contributed by atoms with E-state index >= 15 is 0 Å². The third-order valence-electron chi connectivity index (χ3n) is 3.92. The zero-order valence-corrected chi connectivity index (χ0v) is 11.1. The maximum atomic E-state index is 3.19. The standard InChI is InChI=1S/C15H24N2/c1-16-14-8-5-9-15(12-14)17(2)11-10-13-6-3-4-7-13/h5,8-9,12-13,16H,3-4,6-7,10-11H2,1-2H3. The highest BCUT2D eigenvalue weighted by molar-refractivity contribution is 5.57. The number of anilines is 2. The fourth-order valence-electron chi connectivity index (χ4n) is 2.70. The molecule has 0 atom stereocenters. The van der Waals surface area contributed by atoms with Crippen LogP contribution in [0.15, 0.2) is 24.3 Å². The Balaban J connectivity index is 1.87. The molecular formula is C15H24N2. The summed E-state index contributed by atoms with van der Waals surface area (Å²) in [5, 5.41) is 3.19. The van der Waals surface area contributed by atoms with Crippen LogP contribution < -0.4 is 10.2 Å². The van der Waals surface area contributed by atoms with Gasteiger partial charge in [0.25, 0.3) is 0 Å². The molecule has 0 aromatic heterocycles. The van der Waals surface area contributed by atoms with Crippen molar-refractivity contribution in [2.24, 2.45) is 5.92 Å². The number of nitrogens with zero attached hydrogens (tertiary/aromatic N) is 1. The highest BCUT2D eigenvalue weighted by Crippen LogP contribution is 2.28. The first kappa shape index (κ1) is 12.3. The van der Waals surface area contributed by atoms with Gasteiger partial charge in [-0.15, -0.1) is 0 Å². The fourth-order valence-corrected chi connectivity index (χ4v) is 2.70. The molecule has 0 bridgehead atoms. The topological polar surface area (TPSA) is 15.3 Å². The van der Waals surface area contributed by atoms with Crippen molar-refractivity contribution in [1.82, 2.24) is 0 Å². The molecule has 1 aliphatic rings. The second-order valence-corrected chi connectivity index (χ2v) is 5.16. The molecule has 0 amide bonds. The molecule has 1 aliphatic carbocycles. The summed E-state index contributed by atoms with van der Waals surface area (Å²) in [6.07, 6.45) is 7.14. The minimum atomic E-state index is 0.977. The molecule has 2 heteroatoms. The van der Waals surface area contributed by atoms with E-state index in [0.717, 1.165) is 5.92 Å². The summed E-state index contributed by atoms with van der Waals surface area (Å²) in [7, 11) is 4.17. The fraction of sp³-hybridized carbons (Fsp3) is 0.600. The van der Waals surface area contributed by atoms with E-state index in [1.807, 2.05) is 7.05 Å². The molecule has 0 heterocycles. The van der Waals surface area contributed by atoms with Crippen molar-refractivity contribution in [3.63, 3.8) is 0 Å². The Morgan fingerprint density at radius 2 is 2.06 bits per heavy atom. The largest absolute Gasteiger partial charge is 0.388 e. The van der Waals surface area contributed by atoms with E-state index in [2.05, 4.69) is 41.5 Å². The van der Waals surface area contributed by atoms with Crippen LogP contribution in [0.1, 0.15) is 32.1 Å². The summed E-state index contributed by atoms with van der Waals surface area (Å²) in [6.45, 7) is 1.18. The van der Waals surface area contributed by atoms with Crippen LogP contribution in [0.2, 0.25) is 0 Å². The lowest BCUT2D eigenvalue weighted by atomic mass is 10.0. The molecule has 2 nitrogen and oxygen atoms in total. The number of rotatable bonds is 5. The second kappa shape index (κ2) is 5.95. The Labute approximate surface area is 105 Å². The van der Waals surface area contributed by atoms with E-state index in [4.69, 9.17) is 0 Å². The van der Waals surface area contributed by atoms with Crippen LogP contribution in [-0.4, -0.2) is 20.6 Å². The van der Waals surface area contributed by atoms with E-state index in [1.165, 1.54) is 50.0 Å². The van der Waals surface area contributed by atoms with Crippen LogP contribution in [-0.2, 0) is 0 Å². The normalized spacial score (nSPS) is 16.1. The monoisotopic (exact) mass is 232 g/mol. The van der Waals surface area contributed by atoms with Gasteiger partial charge in [0.2, 0.25) is 0 Å². The lowest BCUT2D eigenvalue weighted by Gasteiger charge is -2.21. The Morgan fingerprint density at radius 3 is 2.76 bits per heavy atom. The predicted octanol–water partition coefficient (Wildman–Crippen LogP) is 3.74. The molecule has 1 saturated carbocycles. The molecule has 1 aromatic carbocycles. The molecule has 1 aromatic rings. The molecule has 94 valence electrons. The molecule has 0 spiro atoms. The molecule has 17 heavy (non-hydrogen) atoms. The van der Waals surface area contributed by atoms with Crippen LogP contribution in [0.3, 0.4) is 0 Å². The smallest absolute Gasteiger partial charge is 0.0384 e. The Hall–Kier alpha value is -1.18. The van der Waals surface area contributed by atoms with Crippen LogP contribution in [0.5, 0.6) is 0 Å². The van der Waals surface area contributed by atoms with Gasteiger partial charge in [0, 0.05) is 32.0 Å². The molecule has 1 fully saturated rings. The first-order valence-electron chi connectivity index (χ1n) is 6.78. The minimum Gasteiger partial charge on any atom is -0.388 e. The van der Waals surface area contributed by atoms with Crippen molar-refractivity contribution in [3.05, 3.63) is 24.3 Å². The Morgan fingerprint density at radius 1 is 1.29 bits per heavy atom. The molecule has 1 N–H and O–H groups in total. The SMILES string of the molecule is CNc1cccc(N(C)CCC2CCCC2)c1.